The van der Waals surface area contributed by atoms with E-state index in [1.54, 1.807) is 7.11 Å². The Morgan fingerprint density at radius 2 is 2.17 bits per heavy atom. The highest BCUT2D eigenvalue weighted by Gasteiger charge is 2.15. The van der Waals surface area contributed by atoms with E-state index in [1.165, 1.54) is 4.90 Å². The van der Waals surface area contributed by atoms with Gasteiger partial charge in [-0.05, 0) is 37.8 Å². The van der Waals surface area contributed by atoms with Crippen LogP contribution in [0, 0.1) is 5.92 Å². The van der Waals surface area contributed by atoms with Gasteiger partial charge in [-0.3, -0.25) is 4.99 Å². The van der Waals surface area contributed by atoms with Crippen molar-refractivity contribution < 1.29 is 14.2 Å². The maximum absolute atomic E-state index is 5.80. The molecule has 0 bridgehead atoms. The minimum Gasteiger partial charge on any atom is -0.496 e. The van der Waals surface area contributed by atoms with Crippen LogP contribution < -0.4 is 15.4 Å². The zero-order valence-corrected chi connectivity index (χ0v) is 21.0. The van der Waals surface area contributed by atoms with Crippen LogP contribution in [0.2, 0.25) is 0 Å². The second-order valence-corrected chi connectivity index (χ2v) is 7.99. The summed E-state index contributed by atoms with van der Waals surface area (Å²) in [6.45, 7) is 9.12. The zero-order valence-electron chi connectivity index (χ0n) is 17.8. The Balaban J connectivity index is 0.00000420. The Labute approximate surface area is 197 Å². The molecule has 1 fully saturated rings. The van der Waals surface area contributed by atoms with Crippen molar-refractivity contribution in [2.45, 2.75) is 37.7 Å². The van der Waals surface area contributed by atoms with Crippen molar-refractivity contribution in [1.29, 1.82) is 0 Å². The summed E-state index contributed by atoms with van der Waals surface area (Å²) in [6.07, 6.45) is 2.26. The van der Waals surface area contributed by atoms with Gasteiger partial charge in [0.1, 0.15) is 5.75 Å². The Hall–Kier alpha value is -0.710. The van der Waals surface area contributed by atoms with Gasteiger partial charge in [0.05, 0.1) is 19.8 Å². The van der Waals surface area contributed by atoms with Crippen molar-refractivity contribution in [1.82, 2.24) is 10.6 Å². The monoisotopic (exact) mass is 537 g/mol. The van der Waals surface area contributed by atoms with Crippen LogP contribution >= 0.6 is 35.7 Å². The Morgan fingerprint density at radius 3 is 2.90 bits per heavy atom. The van der Waals surface area contributed by atoms with Crippen LogP contribution in [0.5, 0.6) is 5.75 Å². The van der Waals surface area contributed by atoms with Crippen LogP contribution in [0.4, 0.5) is 0 Å². The van der Waals surface area contributed by atoms with E-state index >= 15 is 0 Å². The molecule has 0 radical (unpaired) electrons. The molecule has 0 spiro atoms. The zero-order chi connectivity index (χ0) is 20.0. The number of halogens is 1. The minimum atomic E-state index is 0. The summed E-state index contributed by atoms with van der Waals surface area (Å²) in [5, 5.41) is 6.71. The van der Waals surface area contributed by atoms with Crippen LogP contribution in [-0.4, -0.2) is 64.4 Å². The number of thioether (sulfide) groups is 1. The summed E-state index contributed by atoms with van der Waals surface area (Å²) >= 11 is 1.82. The first-order valence-electron chi connectivity index (χ1n) is 10.2. The van der Waals surface area contributed by atoms with Gasteiger partial charge in [-0.2, -0.15) is 0 Å². The SMILES string of the molecule is CCNC(=NCC(C)CSc1ccccc1OC)NCCCOC1CCOC1.I. The number of aliphatic imine (C=N–C) groups is 1. The smallest absolute Gasteiger partial charge is 0.191 e. The number of nitrogens with zero attached hydrogens (tertiary/aromatic N) is 1. The van der Waals surface area contributed by atoms with E-state index < -0.39 is 0 Å². The van der Waals surface area contributed by atoms with Gasteiger partial charge in [-0.15, -0.1) is 35.7 Å². The van der Waals surface area contributed by atoms with E-state index in [1.807, 2.05) is 30.0 Å². The number of hydrogen-bond acceptors (Lipinski definition) is 5. The number of ether oxygens (including phenoxy) is 3. The predicted molar refractivity (Wildman–Crippen MR) is 132 cm³/mol. The first-order valence-corrected chi connectivity index (χ1v) is 11.2. The molecule has 2 atom stereocenters. The highest BCUT2D eigenvalue weighted by molar-refractivity contribution is 14.0. The largest absolute Gasteiger partial charge is 0.496 e. The molecule has 166 valence electrons. The van der Waals surface area contributed by atoms with E-state index in [9.17, 15) is 0 Å². The van der Waals surface area contributed by atoms with Crippen molar-refractivity contribution in [2.75, 3.05) is 52.3 Å². The molecule has 0 saturated carbocycles. The first-order chi connectivity index (χ1) is 13.7. The summed E-state index contributed by atoms with van der Waals surface area (Å²) in [6, 6.07) is 8.15. The van der Waals surface area contributed by atoms with Crippen molar-refractivity contribution in [3.05, 3.63) is 24.3 Å². The summed E-state index contributed by atoms with van der Waals surface area (Å²) in [5.74, 6) is 3.28. The lowest BCUT2D eigenvalue weighted by Gasteiger charge is -2.14. The molecule has 0 amide bonds. The van der Waals surface area contributed by atoms with Crippen molar-refractivity contribution in [3.8, 4) is 5.75 Å². The molecule has 2 N–H and O–H groups in total. The van der Waals surface area contributed by atoms with Crippen molar-refractivity contribution in [3.63, 3.8) is 0 Å². The minimum absolute atomic E-state index is 0. The fourth-order valence-corrected chi connectivity index (χ4v) is 3.82. The van der Waals surface area contributed by atoms with Gasteiger partial charge in [-0.1, -0.05) is 19.1 Å². The quantitative estimate of drug-likeness (QED) is 0.139. The molecule has 1 heterocycles. The van der Waals surface area contributed by atoms with Crippen LogP contribution in [0.3, 0.4) is 0 Å². The highest BCUT2D eigenvalue weighted by atomic mass is 127. The summed E-state index contributed by atoms with van der Waals surface area (Å²) in [5.41, 5.74) is 0. The Morgan fingerprint density at radius 1 is 1.34 bits per heavy atom. The second-order valence-electron chi connectivity index (χ2n) is 6.92. The number of benzene rings is 1. The molecule has 1 aromatic rings. The normalized spacial score (nSPS) is 17.5. The molecule has 1 aliphatic heterocycles. The maximum atomic E-state index is 5.80. The molecule has 1 aromatic carbocycles. The third kappa shape index (κ3) is 10.8. The van der Waals surface area contributed by atoms with Gasteiger partial charge in [0.2, 0.25) is 0 Å². The molecule has 0 aliphatic carbocycles. The maximum Gasteiger partial charge on any atom is 0.191 e. The molecule has 2 rings (SSSR count). The molecular weight excluding hydrogens is 501 g/mol. The third-order valence-corrected chi connectivity index (χ3v) is 5.74. The van der Waals surface area contributed by atoms with Crippen molar-refractivity contribution in [2.24, 2.45) is 10.9 Å². The summed E-state index contributed by atoms with van der Waals surface area (Å²) in [4.78, 5) is 5.91. The van der Waals surface area contributed by atoms with Gasteiger partial charge in [-0.25, -0.2) is 0 Å². The lowest BCUT2D eigenvalue weighted by atomic mass is 10.2. The lowest BCUT2D eigenvalue weighted by molar-refractivity contribution is 0.0420. The van der Waals surface area contributed by atoms with Gasteiger partial charge < -0.3 is 24.8 Å². The lowest BCUT2D eigenvalue weighted by Crippen LogP contribution is -2.38. The molecule has 8 heteroatoms. The van der Waals surface area contributed by atoms with Gasteiger partial charge in [0.25, 0.3) is 0 Å². The average Bonchev–Trinajstić information content (AvgIpc) is 3.23. The Kier molecular flexibility index (Phi) is 14.6. The molecule has 1 saturated heterocycles. The van der Waals surface area contributed by atoms with E-state index in [0.717, 1.165) is 69.8 Å². The van der Waals surface area contributed by atoms with Crippen LogP contribution in [-0.2, 0) is 9.47 Å². The molecule has 2 unspecified atom stereocenters. The number of rotatable bonds is 12. The van der Waals surface area contributed by atoms with E-state index in [-0.39, 0.29) is 30.1 Å². The van der Waals surface area contributed by atoms with Crippen LogP contribution in [0.1, 0.15) is 26.7 Å². The van der Waals surface area contributed by atoms with Gasteiger partial charge in [0.15, 0.2) is 5.96 Å². The predicted octanol–water partition coefficient (Wildman–Crippen LogP) is 3.79. The molecule has 6 nitrogen and oxygen atoms in total. The molecule has 29 heavy (non-hydrogen) atoms. The summed E-state index contributed by atoms with van der Waals surface area (Å²) < 4.78 is 16.5. The van der Waals surface area contributed by atoms with Crippen LogP contribution in [0.15, 0.2) is 34.2 Å². The second kappa shape index (κ2) is 16.0. The standard InChI is InChI=1S/C21H35N3O3S.HI/c1-4-22-21(23-11-7-12-27-18-10-13-26-15-18)24-14-17(2)16-28-20-9-6-5-8-19(20)25-3;/h5-6,8-9,17-18H,4,7,10-16H2,1-3H3,(H2,22,23,24);1H. The van der Waals surface area contributed by atoms with E-state index in [0.29, 0.717) is 5.92 Å². The van der Waals surface area contributed by atoms with Crippen molar-refractivity contribution >= 4 is 41.7 Å². The molecule has 0 aromatic heterocycles. The highest BCUT2D eigenvalue weighted by Crippen LogP contribution is 2.29. The van der Waals surface area contributed by atoms with Crippen LogP contribution in [0.25, 0.3) is 0 Å². The van der Waals surface area contributed by atoms with E-state index in [4.69, 9.17) is 19.2 Å². The topological polar surface area (TPSA) is 64.1 Å². The number of guanidine groups is 1. The number of para-hydroxylation sites is 1. The molecule has 1 aliphatic rings. The average molecular weight is 538 g/mol. The Bertz CT molecular complexity index is 586. The van der Waals surface area contributed by atoms with E-state index in [2.05, 4.69) is 30.5 Å². The fourth-order valence-electron chi connectivity index (χ4n) is 2.78. The molecular formula is C21H36IN3O3S. The third-order valence-electron chi connectivity index (χ3n) is 4.35. The van der Waals surface area contributed by atoms with Gasteiger partial charge >= 0.3 is 0 Å². The fraction of sp³-hybridized carbons (Fsp3) is 0.667. The number of methoxy groups -OCH3 is 1. The first kappa shape index (κ1) is 26.3. The number of nitrogens with one attached hydrogen (secondary N) is 2. The summed E-state index contributed by atoms with van der Waals surface area (Å²) in [7, 11) is 1.72. The van der Waals surface area contributed by atoms with Gasteiger partial charge in [0, 0.05) is 43.5 Å². The number of hydrogen-bond donors (Lipinski definition) is 2.